The molecule has 0 radical (unpaired) electrons. The van der Waals surface area contributed by atoms with E-state index in [1.165, 1.54) is 12.8 Å². The highest BCUT2D eigenvalue weighted by Crippen LogP contribution is 2.24. The molecule has 0 aliphatic carbocycles. The van der Waals surface area contributed by atoms with Gasteiger partial charge in [-0.25, -0.2) is 13.1 Å². The minimum Gasteiger partial charge on any atom is -0.372 e. The molecule has 7 heteroatoms. The van der Waals surface area contributed by atoms with Gasteiger partial charge in [0, 0.05) is 24.5 Å². The molecule has 1 saturated heterocycles. The summed E-state index contributed by atoms with van der Waals surface area (Å²) in [5.74, 6) is 0.453. The molecule has 2 rings (SSSR count). The fraction of sp³-hybridized carbons (Fsp3) is 0.588. The molecule has 1 heterocycles. The Morgan fingerprint density at radius 1 is 1.21 bits per heavy atom. The summed E-state index contributed by atoms with van der Waals surface area (Å²) in [6, 6.07) is 7.69. The number of hydrogen-bond acceptors (Lipinski definition) is 4. The molecule has 1 fully saturated rings. The summed E-state index contributed by atoms with van der Waals surface area (Å²) >= 11 is 0. The fourth-order valence-corrected chi connectivity index (χ4v) is 3.78. The zero-order chi connectivity index (χ0) is 17.6. The smallest absolute Gasteiger partial charge is 0.239 e. The first kappa shape index (κ1) is 18.7. The van der Waals surface area contributed by atoms with Crippen LogP contribution >= 0.6 is 0 Å². The molecule has 1 aliphatic rings. The van der Waals surface area contributed by atoms with Crippen molar-refractivity contribution in [2.75, 3.05) is 35.6 Å². The maximum absolute atomic E-state index is 11.8. The third-order valence-corrected chi connectivity index (χ3v) is 5.76. The lowest BCUT2D eigenvalue weighted by atomic mass is 9.99. The van der Waals surface area contributed by atoms with E-state index < -0.39 is 10.0 Å². The molecule has 1 aliphatic heterocycles. The van der Waals surface area contributed by atoms with Crippen LogP contribution in [0.15, 0.2) is 24.3 Å². The van der Waals surface area contributed by atoms with E-state index in [1.807, 2.05) is 24.3 Å². The molecule has 0 bridgehead atoms. The van der Waals surface area contributed by atoms with Crippen molar-refractivity contribution in [3.05, 3.63) is 24.3 Å². The van der Waals surface area contributed by atoms with Crippen LogP contribution in [0.25, 0.3) is 0 Å². The molecule has 6 nitrogen and oxygen atoms in total. The van der Waals surface area contributed by atoms with E-state index in [1.54, 1.807) is 6.92 Å². The molecule has 1 aromatic carbocycles. The number of rotatable bonds is 7. The Morgan fingerprint density at radius 3 is 2.42 bits per heavy atom. The van der Waals surface area contributed by atoms with Gasteiger partial charge in [0.2, 0.25) is 15.9 Å². The molecule has 2 N–H and O–H groups in total. The van der Waals surface area contributed by atoms with Gasteiger partial charge in [-0.05, 0) is 49.4 Å². The summed E-state index contributed by atoms with van der Waals surface area (Å²) in [6.07, 6.45) is 2.93. The van der Waals surface area contributed by atoms with E-state index in [-0.39, 0.29) is 18.2 Å². The number of benzene rings is 1. The Balaban J connectivity index is 1.84. The average molecular weight is 353 g/mol. The first-order valence-corrected chi connectivity index (χ1v) is 10.2. The summed E-state index contributed by atoms with van der Waals surface area (Å²) in [6.45, 7) is 5.95. The van der Waals surface area contributed by atoms with Gasteiger partial charge in [0.25, 0.3) is 0 Å². The number of nitrogens with zero attached hydrogens (tertiary/aromatic N) is 1. The molecule has 0 aromatic heterocycles. The minimum atomic E-state index is -3.36. The van der Waals surface area contributed by atoms with Crippen molar-refractivity contribution in [1.82, 2.24) is 4.72 Å². The van der Waals surface area contributed by atoms with E-state index >= 15 is 0 Å². The third-order valence-electron chi connectivity index (χ3n) is 4.23. The molecule has 0 spiro atoms. The minimum absolute atomic E-state index is 0.0312. The van der Waals surface area contributed by atoms with Crippen molar-refractivity contribution in [3.8, 4) is 0 Å². The number of carbonyl (C=O) groups excluding carboxylic acids is 1. The van der Waals surface area contributed by atoms with Crippen LogP contribution in [-0.4, -0.2) is 39.7 Å². The first-order valence-electron chi connectivity index (χ1n) is 8.52. The van der Waals surface area contributed by atoms with Crippen LogP contribution in [0.5, 0.6) is 0 Å². The Morgan fingerprint density at radius 2 is 1.83 bits per heavy atom. The monoisotopic (exact) mass is 353 g/mol. The number of amides is 1. The van der Waals surface area contributed by atoms with Crippen LogP contribution in [-0.2, 0) is 14.8 Å². The second-order valence-electron chi connectivity index (χ2n) is 6.40. The van der Waals surface area contributed by atoms with Crippen LogP contribution in [0.3, 0.4) is 0 Å². The zero-order valence-corrected chi connectivity index (χ0v) is 15.2. The van der Waals surface area contributed by atoms with E-state index in [0.29, 0.717) is 12.1 Å². The summed E-state index contributed by atoms with van der Waals surface area (Å²) in [5, 5.41) is 2.71. The first-order chi connectivity index (χ1) is 11.4. The van der Waals surface area contributed by atoms with Gasteiger partial charge in [0.15, 0.2) is 0 Å². The van der Waals surface area contributed by atoms with Crippen LogP contribution in [0.1, 0.15) is 33.1 Å². The standard InChI is InChI=1S/C17H27N3O3S/c1-3-12-24(22,23)18-13-17(21)19-15-4-6-16(7-5-15)20-10-8-14(2)9-11-20/h4-7,14,18H,3,8-13H2,1-2H3,(H,19,21). The normalized spacial score (nSPS) is 16.2. The lowest BCUT2D eigenvalue weighted by Crippen LogP contribution is -2.34. The van der Waals surface area contributed by atoms with Gasteiger partial charge >= 0.3 is 0 Å². The van der Waals surface area contributed by atoms with Crippen LogP contribution in [0.2, 0.25) is 0 Å². The number of sulfonamides is 1. The Bertz CT molecular complexity index is 636. The molecule has 0 unspecified atom stereocenters. The summed E-state index contributed by atoms with van der Waals surface area (Å²) < 4.78 is 25.4. The Hall–Kier alpha value is -1.60. The molecular formula is C17H27N3O3S. The molecule has 134 valence electrons. The number of anilines is 2. The van der Waals surface area contributed by atoms with Gasteiger partial charge in [-0.2, -0.15) is 0 Å². The number of carbonyl (C=O) groups is 1. The van der Waals surface area contributed by atoms with Crippen molar-refractivity contribution in [2.45, 2.75) is 33.1 Å². The lowest BCUT2D eigenvalue weighted by molar-refractivity contribution is -0.115. The van der Waals surface area contributed by atoms with E-state index in [0.717, 1.165) is 24.7 Å². The average Bonchev–Trinajstić information content (AvgIpc) is 2.55. The van der Waals surface area contributed by atoms with Crippen molar-refractivity contribution in [2.24, 2.45) is 5.92 Å². The SMILES string of the molecule is CCCS(=O)(=O)NCC(=O)Nc1ccc(N2CCC(C)CC2)cc1. The number of nitrogens with one attached hydrogen (secondary N) is 2. The van der Waals surface area contributed by atoms with Crippen molar-refractivity contribution in [1.29, 1.82) is 0 Å². The predicted molar refractivity (Wildman–Crippen MR) is 97.8 cm³/mol. The number of piperidine rings is 1. The van der Waals surface area contributed by atoms with Gasteiger partial charge in [0.1, 0.15) is 0 Å². The summed E-state index contributed by atoms with van der Waals surface area (Å²) in [5.41, 5.74) is 1.83. The van der Waals surface area contributed by atoms with Gasteiger partial charge in [0.05, 0.1) is 12.3 Å². The van der Waals surface area contributed by atoms with Crippen LogP contribution in [0.4, 0.5) is 11.4 Å². The van der Waals surface area contributed by atoms with Crippen molar-refractivity contribution in [3.63, 3.8) is 0 Å². The van der Waals surface area contributed by atoms with Gasteiger partial charge in [-0.3, -0.25) is 4.79 Å². The van der Waals surface area contributed by atoms with E-state index in [2.05, 4.69) is 21.9 Å². The van der Waals surface area contributed by atoms with E-state index in [4.69, 9.17) is 0 Å². The largest absolute Gasteiger partial charge is 0.372 e. The molecule has 1 amide bonds. The zero-order valence-electron chi connectivity index (χ0n) is 14.4. The Kier molecular flexibility index (Phi) is 6.62. The molecule has 0 atom stereocenters. The second kappa shape index (κ2) is 8.48. The Labute approximate surface area is 144 Å². The molecule has 1 aromatic rings. The molecule has 0 saturated carbocycles. The van der Waals surface area contributed by atoms with Crippen molar-refractivity contribution < 1.29 is 13.2 Å². The maximum Gasteiger partial charge on any atom is 0.239 e. The van der Waals surface area contributed by atoms with Gasteiger partial charge in [-0.15, -0.1) is 0 Å². The lowest BCUT2D eigenvalue weighted by Gasteiger charge is -2.32. The number of hydrogen-bond donors (Lipinski definition) is 2. The van der Waals surface area contributed by atoms with Crippen LogP contribution < -0.4 is 14.9 Å². The van der Waals surface area contributed by atoms with Gasteiger partial charge < -0.3 is 10.2 Å². The topological polar surface area (TPSA) is 78.5 Å². The summed E-state index contributed by atoms with van der Waals surface area (Å²) in [4.78, 5) is 14.2. The third kappa shape index (κ3) is 5.79. The van der Waals surface area contributed by atoms with Crippen molar-refractivity contribution >= 4 is 27.3 Å². The molecular weight excluding hydrogens is 326 g/mol. The van der Waals surface area contributed by atoms with Gasteiger partial charge in [-0.1, -0.05) is 13.8 Å². The predicted octanol–water partition coefficient (Wildman–Crippen LogP) is 2.19. The second-order valence-corrected chi connectivity index (χ2v) is 8.33. The highest BCUT2D eigenvalue weighted by Gasteiger charge is 2.16. The van der Waals surface area contributed by atoms with E-state index in [9.17, 15) is 13.2 Å². The van der Waals surface area contributed by atoms with Crippen LogP contribution in [0, 0.1) is 5.92 Å². The quantitative estimate of drug-likeness (QED) is 0.788. The highest BCUT2D eigenvalue weighted by atomic mass is 32.2. The highest BCUT2D eigenvalue weighted by molar-refractivity contribution is 7.89. The maximum atomic E-state index is 11.8. The summed E-state index contributed by atoms with van der Waals surface area (Å²) in [7, 11) is -3.36. The fourth-order valence-electron chi connectivity index (χ4n) is 2.74. The molecule has 24 heavy (non-hydrogen) atoms.